The van der Waals surface area contributed by atoms with Crippen LogP contribution in [0.25, 0.3) is 5.65 Å². The van der Waals surface area contributed by atoms with Gasteiger partial charge in [-0.25, -0.2) is 4.98 Å². The standard InChI is InChI=1S/C11H14BrN3/c1-11(2,3)8-9(13)15-6-4-5-7(12)10(15)14-8/h4-6H,13H2,1-3H3. The van der Waals surface area contributed by atoms with E-state index in [1.165, 1.54) is 0 Å². The summed E-state index contributed by atoms with van der Waals surface area (Å²) in [5.74, 6) is 0.721. The fourth-order valence-electron chi connectivity index (χ4n) is 1.60. The topological polar surface area (TPSA) is 43.3 Å². The Morgan fingerprint density at radius 3 is 2.60 bits per heavy atom. The van der Waals surface area contributed by atoms with Gasteiger partial charge in [0.15, 0.2) is 5.65 Å². The zero-order valence-electron chi connectivity index (χ0n) is 9.08. The molecule has 2 rings (SSSR count). The number of fused-ring (bicyclic) bond motifs is 1. The molecule has 0 spiro atoms. The Kier molecular flexibility index (Phi) is 2.26. The Hall–Kier alpha value is -1.03. The summed E-state index contributed by atoms with van der Waals surface area (Å²) in [5, 5.41) is 0. The third-order valence-electron chi connectivity index (χ3n) is 2.35. The first-order valence-corrected chi connectivity index (χ1v) is 5.63. The lowest BCUT2D eigenvalue weighted by Crippen LogP contribution is -2.14. The monoisotopic (exact) mass is 267 g/mol. The van der Waals surface area contributed by atoms with Crippen LogP contribution in [-0.2, 0) is 5.41 Å². The zero-order chi connectivity index (χ0) is 11.2. The lowest BCUT2D eigenvalue weighted by molar-refractivity contribution is 0.575. The van der Waals surface area contributed by atoms with Crippen LogP contribution in [0.5, 0.6) is 0 Å². The quantitative estimate of drug-likeness (QED) is 0.798. The van der Waals surface area contributed by atoms with Gasteiger partial charge in [0.05, 0.1) is 10.2 Å². The van der Waals surface area contributed by atoms with Gasteiger partial charge in [0.1, 0.15) is 5.82 Å². The van der Waals surface area contributed by atoms with E-state index in [0.717, 1.165) is 21.6 Å². The van der Waals surface area contributed by atoms with E-state index >= 15 is 0 Å². The molecule has 15 heavy (non-hydrogen) atoms. The summed E-state index contributed by atoms with van der Waals surface area (Å²) in [5.41, 5.74) is 7.86. The highest BCUT2D eigenvalue weighted by molar-refractivity contribution is 9.10. The first-order chi connectivity index (χ1) is 6.91. The Bertz CT molecular complexity index is 508. The van der Waals surface area contributed by atoms with Crippen LogP contribution < -0.4 is 5.73 Å². The smallest absolute Gasteiger partial charge is 0.153 e. The van der Waals surface area contributed by atoms with E-state index in [9.17, 15) is 0 Å². The van der Waals surface area contributed by atoms with Crippen LogP contribution in [0.1, 0.15) is 26.5 Å². The van der Waals surface area contributed by atoms with Crippen molar-refractivity contribution in [2.45, 2.75) is 26.2 Å². The first-order valence-electron chi connectivity index (χ1n) is 4.84. The van der Waals surface area contributed by atoms with Gasteiger partial charge >= 0.3 is 0 Å². The van der Waals surface area contributed by atoms with Crippen molar-refractivity contribution >= 4 is 27.4 Å². The maximum atomic E-state index is 6.07. The van der Waals surface area contributed by atoms with E-state index in [1.807, 2.05) is 22.7 Å². The van der Waals surface area contributed by atoms with Crippen molar-refractivity contribution in [2.75, 3.05) is 5.73 Å². The average molecular weight is 268 g/mol. The predicted octanol–water partition coefficient (Wildman–Crippen LogP) is 2.98. The van der Waals surface area contributed by atoms with E-state index in [0.29, 0.717) is 0 Å². The van der Waals surface area contributed by atoms with Crippen LogP contribution in [0.15, 0.2) is 22.8 Å². The predicted molar refractivity (Wildman–Crippen MR) is 66.0 cm³/mol. The Balaban J connectivity index is 2.81. The molecular weight excluding hydrogens is 254 g/mol. The van der Waals surface area contributed by atoms with Crippen LogP contribution in [0.4, 0.5) is 5.82 Å². The summed E-state index contributed by atoms with van der Waals surface area (Å²) in [6.45, 7) is 6.33. The zero-order valence-corrected chi connectivity index (χ0v) is 10.7. The number of hydrogen-bond donors (Lipinski definition) is 1. The third-order valence-corrected chi connectivity index (χ3v) is 2.97. The van der Waals surface area contributed by atoms with Crippen LogP contribution in [0.2, 0.25) is 0 Å². The number of halogens is 1. The summed E-state index contributed by atoms with van der Waals surface area (Å²) in [4.78, 5) is 4.57. The number of aromatic nitrogens is 2. The second-order valence-electron chi connectivity index (χ2n) is 4.65. The molecular formula is C11H14BrN3. The summed E-state index contributed by atoms with van der Waals surface area (Å²) in [7, 11) is 0. The van der Waals surface area contributed by atoms with Crippen molar-refractivity contribution in [1.82, 2.24) is 9.38 Å². The van der Waals surface area contributed by atoms with Gasteiger partial charge in [-0.05, 0) is 28.1 Å². The molecule has 4 heteroatoms. The first kappa shape index (κ1) is 10.5. The average Bonchev–Trinajstić information content (AvgIpc) is 2.45. The molecule has 0 unspecified atom stereocenters. The van der Waals surface area contributed by atoms with Crippen LogP contribution in [-0.4, -0.2) is 9.38 Å². The van der Waals surface area contributed by atoms with Crippen molar-refractivity contribution in [2.24, 2.45) is 0 Å². The fraction of sp³-hybridized carbons (Fsp3) is 0.364. The molecule has 0 amide bonds. The van der Waals surface area contributed by atoms with Crippen LogP contribution in [0, 0.1) is 0 Å². The molecule has 80 valence electrons. The minimum absolute atomic E-state index is 0.0322. The molecule has 0 atom stereocenters. The number of nitrogen functional groups attached to an aromatic ring is 1. The highest BCUT2D eigenvalue weighted by atomic mass is 79.9. The SMILES string of the molecule is CC(C)(C)c1nc2c(Br)cccn2c1N. The summed E-state index contributed by atoms with van der Waals surface area (Å²) >= 11 is 3.47. The molecule has 0 saturated carbocycles. The number of hydrogen-bond acceptors (Lipinski definition) is 2. The van der Waals surface area contributed by atoms with Gasteiger partial charge in [-0.2, -0.15) is 0 Å². The Morgan fingerprint density at radius 1 is 1.40 bits per heavy atom. The maximum absolute atomic E-state index is 6.07. The highest BCUT2D eigenvalue weighted by Gasteiger charge is 2.22. The van der Waals surface area contributed by atoms with Crippen molar-refractivity contribution in [3.05, 3.63) is 28.5 Å². The van der Waals surface area contributed by atoms with Crippen molar-refractivity contribution in [3.63, 3.8) is 0 Å². The number of nitrogens with two attached hydrogens (primary N) is 1. The van der Waals surface area contributed by atoms with E-state index in [-0.39, 0.29) is 5.41 Å². The van der Waals surface area contributed by atoms with Crippen LogP contribution in [0.3, 0.4) is 0 Å². The normalized spacial score (nSPS) is 12.3. The maximum Gasteiger partial charge on any atom is 0.153 e. The second-order valence-corrected chi connectivity index (χ2v) is 5.50. The molecule has 0 aliphatic heterocycles. The molecule has 0 radical (unpaired) electrons. The van der Waals surface area contributed by atoms with E-state index < -0.39 is 0 Å². The van der Waals surface area contributed by atoms with Gasteiger partial charge in [-0.3, -0.25) is 4.40 Å². The number of anilines is 1. The fourth-order valence-corrected chi connectivity index (χ4v) is 2.04. The largest absolute Gasteiger partial charge is 0.383 e. The summed E-state index contributed by atoms with van der Waals surface area (Å²) < 4.78 is 2.87. The van der Waals surface area contributed by atoms with E-state index in [1.54, 1.807) is 0 Å². The number of pyridine rings is 1. The molecule has 3 nitrogen and oxygen atoms in total. The lowest BCUT2D eigenvalue weighted by Gasteiger charge is -2.15. The minimum atomic E-state index is -0.0322. The Labute approximate surface area is 97.4 Å². The Morgan fingerprint density at radius 2 is 2.07 bits per heavy atom. The molecule has 0 aromatic carbocycles. The van der Waals surface area contributed by atoms with Gasteiger partial charge in [0.2, 0.25) is 0 Å². The van der Waals surface area contributed by atoms with Gasteiger partial charge in [0, 0.05) is 11.6 Å². The number of imidazole rings is 1. The van der Waals surface area contributed by atoms with Gasteiger partial charge in [-0.15, -0.1) is 0 Å². The molecule has 2 N–H and O–H groups in total. The molecule has 0 fully saturated rings. The minimum Gasteiger partial charge on any atom is -0.383 e. The van der Waals surface area contributed by atoms with E-state index in [2.05, 4.69) is 41.7 Å². The second kappa shape index (κ2) is 3.23. The highest BCUT2D eigenvalue weighted by Crippen LogP contribution is 2.30. The molecule has 0 saturated heterocycles. The summed E-state index contributed by atoms with van der Waals surface area (Å²) in [6, 6.07) is 3.91. The van der Waals surface area contributed by atoms with Gasteiger partial charge in [0.25, 0.3) is 0 Å². The third kappa shape index (κ3) is 1.63. The molecule has 2 aromatic rings. The molecule has 2 aromatic heterocycles. The summed E-state index contributed by atoms with van der Waals surface area (Å²) in [6.07, 6.45) is 1.93. The molecule has 2 heterocycles. The van der Waals surface area contributed by atoms with Crippen molar-refractivity contribution < 1.29 is 0 Å². The van der Waals surface area contributed by atoms with E-state index in [4.69, 9.17) is 5.73 Å². The van der Waals surface area contributed by atoms with Crippen molar-refractivity contribution in [3.8, 4) is 0 Å². The lowest BCUT2D eigenvalue weighted by atomic mass is 9.92. The molecule has 0 aliphatic rings. The number of nitrogens with zero attached hydrogens (tertiary/aromatic N) is 2. The number of rotatable bonds is 0. The van der Waals surface area contributed by atoms with Gasteiger partial charge < -0.3 is 5.73 Å². The molecule has 0 aliphatic carbocycles. The van der Waals surface area contributed by atoms with Gasteiger partial charge in [-0.1, -0.05) is 20.8 Å². The van der Waals surface area contributed by atoms with Crippen molar-refractivity contribution in [1.29, 1.82) is 0 Å². The molecule has 0 bridgehead atoms. The van der Waals surface area contributed by atoms with Crippen LogP contribution >= 0.6 is 15.9 Å².